The van der Waals surface area contributed by atoms with E-state index in [0.29, 0.717) is 6.42 Å². The number of carboxylic acid groups (broad SMARTS) is 1. The van der Waals surface area contributed by atoms with Crippen LogP contribution in [0.5, 0.6) is 0 Å². The summed E-state index contributed by atoms with van der Waals surface area (Å²) in [7, 11) is 0. The minimum Gasteiger partial charge on any atom is -0.480 e. The number of aromatic amines is 1. The highest BCUT2D eigenvalue weighted by Crippen LogP contribution is 2.30. The molecule has 1 unspecified atom stereocenters. The summed E-state index contributed by atoms with van der Waals surface area (Å²) in [5.74, 6) is -0.981. The highest BCUT2D eigenvalue weighted by Gasteiger charge is 2.17. The van der Waals surface area contributed by atoms with E-state index in [1.165, 1.54) is 5.57 Å². The standard InChI is InChI=1S/C16H19BrN2O2/c1-9(2)3-4-11-12(17)5-6-14-15(11)10(8-19-14)7-13(18)16(20)21/h3,5-6,8,13,19H,4,7,18H2,1-2H3,(H,20,21). The van der Waals surface area contributed by atoms with E-state index in [0.717, 1.165) is 32.9 Å². The summed E-state index contributed by atoms with van der Waals surface area (Å²) in [6, 6.07) is 3.11. The van der Waals surface area contributed by atoms with Gasteiger partial charge in [0.25, 0.3) is 0 Å². The van der Waals surface area contributed by atoms with Gasteiger partial charge >= 0.3 is 5.97 Å². The number of aliphatic carboxylic acids is 1. The number of carboxylic acids is 1. The summed E-state index contributed by atoms with van der Waals surface area (Å²) in [5.41, 5.74) is 10.0. The topological polar surface area (TPSA) is 79.1 Å². The van der Waals surface area contributed by atoms with Crippen LogP contribution in [0, 0.1) is 0 Å². The van der Waals surface area contributed by atoms with Crippen LogP contribution in [0.4, 0.5) is 0 Å². The number of aromatic nitrogens is 1. The molecule has 2 rings (SSSR count). The maximum absolute atomic E-state index is 11.0. The molecule has 1 heterocycles. The van der Waals surface area contributed by atoms with Crippen molar-refractivity contribution in [2.45, 2.75) is 32.7 Å². The van der Waals surface area contributed by atoms with Crippen LogP contribution in [0.3, 0.4) is 0 Å². The number of halogens is 1. The first-order valence-electron chi connectivity index (χ1n) is 6.79. The Morgan fingerprint density at radius 2 is 2.19 bits per heavy atom. The summed E-state index contributed by atoms with van der Waals surface area (Å²) in [5, 5.41) is 10.1. The molecule has 0 saturated heterocycles. The predicted octanol–water partition coefficient (Wildman–Crippen LogP) is 3.39. The molecule has 0 spiro atoms. The molecule has 0 amide bonds. The lowest BCUT2D eigenvalue weighted by Gasteiger charge is -2.09. The Bertz CT molecular complexity index is 700. The van der Waals surface area contributed by atoms with Crippen molar-refractivity contribution in [2.24, 2.45) is 5.73 Å². The molecular weight excluding hydrogens is 332 g/mol. The number of nitrogens with one attached hydrogen (secondary N) is 1. The molecule has 2 aromatic rings. The molecule has 112 valence electrons. The number of carbonyl (C=O) groups is 1. The largest absolute Gasteiger partial charge is 0.480 e. The normalized spacial score (nSPS) is 12.4. The molecule has 21 heavy (non-hydrogen) atoms. The molecule has 4 nitrogen and oxygen atoms in total. The zero-order valence-corrected chi connectivity index (χ0v) is 13.7. The van der Waals surface area contributed by atoms with Gasteiger partial charge in [-0.3, -0.25) is 4.79 Å². The molecule has 0 fully saturated rings. The molecule has 4 N–H and O–H groups in total. The first-order valence-corrected chi connectivity index (χ1v) is 7.58. The molecule has 1 aromatic carbocycles. The second-order valence-electron chi connectivity index (χ2n) is 5.40. The zero-order chi connectivity index (χ0) is 15.6. The van der Waals surface area contributed by atoms with E-state index in [2.05, 4.69) is 40.8 Å². The monoisotopic (exact) mass is 350 g/mol. The number of nitrogens with two attached hydrogens (primary N) is 1. The van der Waals surface area contributed by atoms with Crippen LogP contribution in [0.25, 0.3) is 10.9 Å². The van der Waals surface area contributed by atoms with Crippen LogP contribution < -0.4 is 5.73 Å². The van der Waals surface area contributed by atoms with E-state index in [-0.39, 0.29) is 0 Å². The molecule has 0 aliphatic rings. The highest BCUT2D eigenvalue weighted by atomic mass is 79.9. The van der Waals surface area contributed by atoms with Crippen LogP contribution in [0.2, 0.25) is 0 Å². The van der Waals surface area contributed by atoms with Crippen molar-refractivity contribution in [1.82, 2.24) is 4.98 Å². The number of rotatable bonds is 5. The quantitative estimate of drug-likeness (QED) is 0.723. The molecule has 0 aliphatic carbocycles. The lowest BCUT2D eigenvalue weighted by atomic mass is 9.99. The van der Waals surface area contributed by atoms with Gasteiger partial charge in [-0.15, -0.1) is 0 Å². The van der Waals surface area contributed by atoms with Gasteiger partial charge < -0.3 is 15.8 Å². The van der Waals surface area contributed by atoms with Gasteiger partial charge in [-0.1, -0.05) is 27.6 Å². The van der Waals surface area contributed by atoms with Crippen LogP contribution >= 0.6 is 15.9 Å². The smallest absolute Gasteiger partial charge is 0.320 e. The average molecular weight is 351 g/mol. The Hall–Kier alpha value is -1.59. The Morgan fingerprint density at radius 1 is 1.48 bits per heavy atom. The van der Waals surface area contributed by atoms with Crippen molar-refractivity contribution in [3.05, 3.63) is 45.6 Å². The summed E-state index contributed by atoms with van der Waals surface area (Å²) < 4.78 is 1.03. The van der Waals surface area contributed by atoms with Gasteiger partial charge in [0.2, 0.25) is 0 Å². The third kappa shape index (κ3) is 3.54. The Morgan fingerprint density at radius 3 is 2.81 bits per heavy atom. The third-order valence-corrected chi connectivity index (χ3v) is 4.19. The first-order chi connectivity index (χ1) is 9.90. The van der Waals surface area contributed by atoms with E-state index < -0.39 is 12.0 Å². The first kappa shape index (κ1) is 15.8. The molecule has 5 heteroatoms. The number of H-pyrrole nitrogens is 1. The van der Waals surface area contributed by atoms with E-state index >= 15 is 0 Å². The Kier molecular flexibility index (Phi) is 4.85. The minimum absolute atomic E-state index is 0.313. The number of benzene rings is 1. The fourth-order valence-electron chi connectivity index (χ4n) is 2.34. The highest BCUT2D eigenvalue weighted by molar-refractivity contribution is 9.10. The van der Waals surface area contributed by atoms with Crippen molar-refractivity contribution in [1.29, 1.82) is 0 Å². The number of hydrogen-bond acceptors (Lipinski definition) is 2. The third-order valence-electron chi connectivity index (χ3n) is 3.45. The lowest BCUT2D eigenvalue weighted by molar-refractivity contribution is -0.138. The van der Waals surface area contributed by atoms with E-state index in [9.17, 15) is 4.79 Å². The van der Waals surface area contributed by atoms with Crippen LogP contribution in [0.15, 0.2) is 34.5 Å². The van der Waals surface area contributed by atoms with E-state index in [1.54, 1.807) is 0 Å². The van der Waals surface area contributed by atoms with Crippen molar-refractivity contribution in [2.75, 3.05) is 0 Å². The van der Waals surface area contributed by atoms with E-state index in [1.807, 2.05) is 18.3 Å². The molecular formula is C16H19BrN2O2. The van der Waals surface area contributed by atoms with E-state index in [4.69, 9.17) is 10.8 Å². The SMILES string of the molecule is CC(C)=CCc1c(Br)ccc2[nH]cc(CC(N)C(=O)O)c12. The minimum atomic E-state index is -0.981. The fraction of sp³-hybridized carbons (Fsp3) is 0.312. The number of fused-ring (bicyclic) bond motifs is 1. The molecule has 1 aromatic heterocycles. The lowest BCUT2D eigenvalue weighted by Crippen LogP contribution is -2.32. The molecule has 1 atom stereocenters. The van der Waals surface area contributed by atoms with Crippen LogP contribution in [0.1, 0.15) is 25.0 Å². The van der Waals surface area contributed by atoms with Crippen LogP contribution in [-0.2, 0) is 17.6 Å². The maximum Gasteiger partial charge on any atom is 0.320 e. The maximum atomic E-state index is 11.0. The van der Waals surface area contributed by atoms with Gasteiger partial charge in [0.1, 0.15) is 6.04 Å². The Balaban J connectivity index is 2.50. The van der Waals surface area contributed by atoms with Crippen molar-refractivity contribution >= 4 is 32.8 Å². The summed E-state index contributed by atoms with van der Waals surface area (Å²) >= 11 is 3.59. The second-order valence-corrected chi connectivity index (χ2v) is 6.25. The van der Waals surface area contributed by atoms with Crippen molar-refractivity contribution in [3.63, 3.8) is 0 Å². The number of hydrogen-bond donors (Lipinski definition) is 3. The molecule has 0 bridgehead atoms. The Labute approximate surface area is 132 Å². The van der Waals surface area contributed by atoms with Gasteiger partial charge in [-0.2, -0.15) is 0 Å². The average Bonchev–Trinajstić information content (AvgIpc) is 2.80. The zero-order valence-electron chi connectivity index (χ0n) is 12.1. The van der Waals surface area contributed by atoms with Crippen LogP contribution in [-0.4, -0.2) is 22.1 Å². The van der Waals surface area contributed by atoms with Crippen molar-refractivity contribution in [3.8, 4) is 0 Å². The second kappa shape index (κ2) is 6.45. The fourth-order valence-corrected chi connectivity index (χ4v) is 2.83. The summed E-state index contributed by atoms with van der Waals surface area (Å²) in [6.07, 6.45) is 5.13. The summed E-state index contributed by atoms with van der Waals surface area (Å²) in [6.45, 7) is 4.12. The van der Waals surface area contributed by atoms with Gasteiger partial charge in [0.15, 0.2) is 0 Å². The van der Waals surface area contributed by atoms with Gasteiger partial charge in [-0.25, -0.2) is 0 Å². The van der Waals surface area contributed by atoms with Gasteiger partial charge in [-0.05, 0) is 43.5 Å². The number of allylic oxidation sites excluding steroid dienone is 2. The molecule has 0 aliphatic heterocycles. The molecule has 0 saturated carbocycles. The van der Waals surface area contributed by atoms with Gasteiger partial charge in [0.05, 0.1) is 0 Å². The predicted molar refractivity (Wildman–Crippen MR) is 88.4 cm³/mol. The summed E-state index contributed by atoms with van der Waals surface area (Å²) in [4.78, 5) is 14.2. The van der Waals surface area contributed by atoms with Gasteiger partial charge in [0, 0.05) is 28.0 Å². The van der Waals surface area contributed by atoms with Crippen molar-refractivity contribution < 1.29 is 9.90 Å². The molecule has 0 radical (unpaired) electrons.